The van der Waals surface area contributed by atoms with Gasteiger partial charge in [0.15, 0.2) is 0 Å². The minimum absolute atomic E-state index is 0.755. The topological polar surface area (TPSA) is 35.6 Å². The number of rotatable bonds is 3. The fourth-order valence-electron chi connectivity index (χ4n) is 2.05. The molecule has 0 amide bonds. The van der Waals surface area contributed by atoms with Gasteiger partial charge in [-0.3, -0.25) is 0 Å². The largest absolute Gasteiger partial charge is 0.329 e. The van der Waals surface area contributed by atoms with E-state index in [1.165, 1.54) is 5.56 Å². The highest BCUT2D eigenvalue weighted by Crippen LogP contribution is 2.11. The van der Waals surface area contributed by atoms with Crippen molar-refractivity contribution in [3.63, 3.8) is 0 Å². The second-order valence-corrected chi connectivity index (χ2v) is 4.71. The van der Waals surface area contributed by atoms with Gasteiger partial charge in [0, 0.05) is 24.3 Å². The highest BCUT2D eigenvalue weighted by molar-refractivity contribution is 5.34. The molecule has 4 heteroatoms. The Morgan fingerprint density at radius 2 is 1.84 bits per heavy atom. The molecule has 96 valence electrons. The second-order valence-electron chi connectivity index (χ2n) is 4.71. The maximum atomic E-state index is 4.45. The second kappa shape index (κ2) is 4.72. The van der Waals surface area contributed by atoms with Crippen LogP contribution in [0, 0.1) is 13.8 Å². The van der Waals surface area contributed by atoms with Gasteiger partial charge in [0.2, 0.25) is 0 Å². The van der Waals surface area contributed by atoms with Gasteiger partial charge in [0.1, 0.15) is 5.82 Å². The summed E-state index contributed by atoms with van der Waals surface area (Å²) < 4.78 is 4.13. The molecule has 0 aliphatic carbocycles. The van der Waals surface area contributed by atoms with Crippen molar-refractivity contribution in [3.8, 4) is 5.69 Å². The van der Waals surface area contributed by atoms with Crippen LogP contribution < -0.4 is 0 Å². The molecule has 0 atom stereocenters. The van der Waals surface area contributed by atoms with Gasteiger partial charge in [-0.05, 0) is 26.0 Å². The molecule has 0 aliphatic rings. The summed E-state index contributed by atoms with van der Waals surface area (Å²) in [5.74, 6) is 1.00. The summed E-state index contributed by atoms with van der Waals surface area (Å²) in [6.45, 7) is 4.84. The number of benzene rings is 1. The smallest absolute Gasteiger partial charge is 0.105 e. The third-order valence-corrected chi connectivity index (χ3v) is 3.22. The average molecular weight is 252 g/mol. The molecule has 3 rings (SSSR count). The number of nitrogens with zero attached hydrogens (tertiary/aromatic N) is 4. The molecule has 3 aromatic rings. The predicted octanol–water partition coefficient (Wildman–Crippen LogP) is 2.73. The lowest BCUT2D eigenvalue weighted by Crippen LogP contribution is -2.00. The third kappa shape index (κ3) is 2.42. The van der Waals surface area contributed by atoms with Crippen molar-refractivity contribution in [1.29, 1.82) is 0 Å². The lowest BCUT2D eigenvalue weighted by atomic mass is 10.2. The van der Waals surface area contributed by atoms with E-state index < -0.39 is 0 Å². The molecule has 1 aromatic carbocycles. The molecule has 0 unspecified atom stereocenters. The van der Waals surface area contributed by atoms with Crippen molar-refractivity contribution in [1.82, 2.24) is 19.1 Å². The van der Waals surface area contributed by atoms with E-state index in [4.69, 9.17) is 0 Å². The molecule has 0 spiro atoms. The molecule has 0 saturated carbocycles. The number of aryl methyl sites for hydroxylation is 2. The zero-order valence-electron chi connectivity index (χ0n) is 11.1. The lowest BCUT2D eigenvalue weighted by Gasteiger charge is -2.03. The number of aromatic nitrogens is 4. The van der Waals surface area contributed by atoms with Crippen LogP contribution in [0.4, 0.5) is 0 Å². The van der Waals surface area contributed by atoms with Gasteiger partial charge in [-0.25, -0.2) is 9.97 Å². The van der Waals surface area contributed by atoms with Crippen LogP contribution in [0.3, 0.4) is 0 Å². The van der Waals surface area contributed by atoms with Crippen LogP contribution in [0.5, 0.6) is 0 Å². The van der Waals surface area contributed by atoms with E-state index in [1.807, 2.05) is 30.2 Å². The van der Waals surface area contributed by atoms with Crippen LogP contribution in [0.25, 0.3) is 5.69 Å². The molecular weight excluding hydrogens is 236 g/mol. The van der Waals surface area contributed by atoms with Crippen molar-refractivity contribution < 1.29 is 0 Å². The van der Waals surface area contributed by atoms with E-state index in [0.29, 0.717) is 0 Å². The normalized spacial score (nSPS) is 10.8. The van der Waals surface area contributed by atoms with Crippen LogP contribution in [0.15, 0.2) is 49.2 Å². The van der Waals surface area contributed by atoms with Crippen LogP contribution in [0.2, 0.25) is 0 Å². The van der Waals surface area contributed by atoms with Crippen molar-refractivity contribution in [3.05, 3.63) is 66.3 Å². The minimum atomic E-state index is 0.755. The maximum absolute atomic E-state index is 4.45. The first-order valence-corrected chi connectivity index (χ1v) is 6.30. The monoisotopic (exact) mass is 252 g/mol. The summed E-state index contributed by atoms with van der Waals surface area (Å²) >= 11 is 0. The average Bonchev–Trinajstić information content (AvgIpc) is 3.01. The molecule has 0 aliphatic heterocycles. The van der Waals surface area contributed by atoms with E-state index in [9.17, 15) is 0 Å². The standard InChI is InChI=1S/C15H16N4/c1-12-3-5-15(6-4-12)19-10-14(17-11-19)9-18-8-7-16-13(18)2/h3-8,10-11H,9H2,1-2H3. The van der Waals surface area contributed by atoms with Crippen molar-refractivity contribution >= 4 is 0 Å². The first-order chi connectivity index (χ1) is 9.22. The molecule has 0 saturated heterocycles. The first-order valence-electron chi connectivity index (χ1n) is 6.30. The lowest BCUT2D eigenvalue weighted by molar-refractivity contribution is 0.746. The molecule has 0 N–H and O–H groups in total. The Bertz CT molecular complexity index is 676. The summed E-state index contributed by atoms with van der Waals surface area (Å²) in [5, 5.41) is 0. The van der Waals surface area contributed by atoms with Crippen molar-refractivity contribution in [2.24, 2.45) is 0 Å². The quantitative estimate of drug-likeness (QED) is 0.718. The maximum Gasteiger partial charge on any atom is 0.105 e. The van der Waals surface area contributed by atoms with Crippen LogP contribution in [-0.2, 0) is 6.54 Å². The molecule has 0 fully saturated rings. The van der Waals surface area contributed by atoms with Gasteiger partial charge in [-0.2, -0.15) is 0 Å². The summed E-state index contributed by atoms with van der Waals surface area (Å²) in [4.78, 5) is 8.66. The summed E-state index contributed by atoms with van der Waals surface area (Å²) in [7, 11) is 0. The van der Waals surface area contributed by atoms with E-state index in [2.05, 4.69) is 51.9 Å². The predicted molar refractivity (Wildman–Crippen MR) is 74.4 cm³/mol. The summed E-state index contributed by atoms with van der Waals surface area (Å²) in [5.41, 5.74) is 3.42. The van der Waals surface area contributed by atoms with Crippen LogP contribution in [0.1, 0.15) is 17.1 Å². The third-order valence-electron chi connectivity index (χ3n) is 3.22. The molecule has 2 heterocycles. The molecule has 0 bridgehead atoms. The van der Waals surface area contributed by atoms with Crippen molar-refractivity contribution in [2.75, 3.05) is 0 Å². The Hall–Kier alpha value is -2.36. The van der Waals surface area contributed by atoms with Crippen molar-refractivity contribution in [2.45, 2.75) is 20.4 Å². The highest BCUT2D eigenvalue weighted by atomic mass is 15.1. The Balaban J connectivity index is 1.83. The van der Waals surface area contributed by atoms with Gasteiger partial charge < -0.3 is 9.13 Å². The van der Waals surface area contributed by atoms with Gasteiger partial charge >= 0.3 is 0 Å². The molecule has 19 heavy (non-hydrogen) atoms. The van der Waals surface area contributed by atoms with Gasteiger partial charge in [0.05, 0.1) is 18.6 Å². The zero-order chi connectivity index (χ0) is 13.2. The fraction of sp³-hybridized carbons (Fsp3) is 0.200. The number of hydrogen-bond acceptors (Lipinski definition) is 2. The van der Waals surface area contributed by atoms with E-state index >= 15 is 0 Å². The van der Waals surface area contributed by atoms with E-state index in [1.54, 1.807) is 0 Å². The first kappa shape index (κ1) is 11.7. The van der Waals surface area contributed by atoms with Gasteiger partial charge in [-0.1, -0.05) is 17.7 Å². The Kier molecular flexibility index (Phi) is 2.91. The number of imidazole rings is 2. The molecule has 4 nitrogen and oxygen atoms in total. The fourth-order valence-corrected chi connectivity index (χ4v) is 2.05. The summed E-state index contributed by atoms with van der Waals surface area (Å²) in [6, 6.07) is 8.41. The SMILES string of the molecule is Cc1ccc(-n2cnc(Cn3ccnc3C)c2)cc1. The van der Waals surface area contributed by atoms with Crippen LogP contribution >= 0.6 is 0 Å². The number of hydrogen-bond donors (Lipinski definition) is 0. The van der Waals surface area contributed by atoms with Crippen LogP contribution in [-0.4, -0.2) is 19.1 Å². The van der Waals surface area contributed by atoms with E-state index in [-0.39, 0.29) is 0 Å². The zero-order valence-corrected chi connectivity index (χ0v) is 11.1. The Morgan fingerprint density at radius 1 is 1.05 bits per heavy atom. The van der Waals surface area contributed by atoms with Gasteiger partial charge in [0.25, 0.3) is 0 Å². The molecule has 0 radical (unpaired) electrons. The van der Waals surface area contributed by atoms with E-state index in [0.717, 1.165) is 23.8 Å². The minimum Gasteiger partial charge on any atom is -0.329 e. The Morgan fingerprint density at radius 3 is 2.53 bits per heavy atom. The molecular formula is C15H16N4. The Labute approximate surface area is 112 Å². The molecule has 2 aromatic heterocycles. The highest BCUT2D eigenvalue weighted by Gasteiger charge is 2.03. The van der Waals surface area contributed by atoms with Gasteiger partial charge in [-0.15, -0.1) is 0 Å². The summed E-state index contributed by atoms with van der Waals surface area (Å²) in [6.07, 6.45) is 7.70.